The fourth-order valence-electron chi connectivity index (χ4n) is 4.10. The maximum atomic E-state index is 13.7. The maximum absolute atomic E-state index is 13.7. The average Bonchev–Trinajstić information content (AvgIpc) is 2.91. The van der Waals surface area contributed by atoms with Crippen LogP contribution in [0.5, 0.6) is 0 Å². The smallest absolute Gasteiger partial charge is 0.264 e. The quantitative estimate of drug-likeness (QED) is 0.805. The highest BCUT2D eigenvalue weighted by Gasteiger charge is 2.46. The van der Waals surface area contributed by atoms with E-state index in [4.69, 9.17) is 0 Å². The predicted molar refractivity (Wildman–Crippen MR) is 95.8 cm³/mol. The van der Waals surface area contributed by atoms with Gasteiger partial charge in [-0.1, -0.05) is 17.7 Å². The third-order valence-corrected chi connectivity index (χ3v) is 7.18. The van der Waals surface area contributed by atoms with Gasteiger partial charge in [0.05, 0.1) is 16.6 Å². The second kappa shape index (κ2) is 6.03. The topological polar surface area (TPSA) is 40.6 Å². The monoisotopic (exact) mass is 378 g/mol. The molecule has 2 aromatic carbocycles. The summed E-state index contributed by atoms with van der Waals surface area (Å²) in [7, 11) is -1.96. The van der Waals surface area contributed by atoms with E-state index in [1.54, 1.807) is 0 Å². The molecule has 0 radical (unpaired) electrons. The van der Waals surface area contributed by atoms with Crippen molar-refractivity contribution in [2.24, 2.45) is 0 Å². The summed E-state index contributed by atoms with van der Waals surface area (Å²) in [6.45, 7) is 3.54. The minimum atomic E-state index is -3.98. The summed E-state index contributed by atoms with van der Waals surface area (Å²) in [5, 5.41) is 0. The van der Waals surface area contributed by atoms with Crippen molar-refractivity contribution in [2.75, 3.05) is 24.4 Å². The number of hydrogen-bond donors (Lipinski definition) is 0. The molecule has 0 spiro atoms. The van der Waals surface area contributed by atoms with Gasteiger partial charge in [-0.2, -0.15) is 0 Å². The number of rotatable bonds is 2. The number of halogens is 2. The summed E-state index contributed by atoms with van der Waals surface area (Å²) in [5.41, 5.74) is 2.72. The van der Waals surface area contributed by atoms with Crippen LogP contribution in [0.15, 0.2) is 41.3 Å². The Morgan fingerprint density at radius 3 is 2.58 bits per heavy atom. The van der Waals surface area contributed by atoms with Crippen LogP contribution in [0.4, 0.5) is 14.5 Å². The van der Waals surface area contributed by atoms with Gasteiger partial charge in [0.25, 0.3) is 10.0 Å². The average molecular weight is 378 g/mol. The highest BCUT2D eigenvalue weighted by Crippen LogP contribution is 2.47. The Kier molecular flexibility index (Phi) is 4.04. The molecule has 1 saturated heterocycles. The molecule has 2 aliphatic heterocycles. The van der Waals surface area contributed by atoms with Crippen molar-refractivity contribution in [3.63, 3.8) is 0 Å². The number of likely N-dealkylation sites (N-methyl/N-ethyl adjacent to an activating group) is 1. The third kappa shape index (κ3) is 2.61. The molecule has 4 rings (SSSR count). The van der Waals surface area contributed by atoms with Crippen LogP contribution in [0.2, 0.25) is 0 Å². The van der Waals surface area contributed by atoms with Gasteiger partial charge in [-0.3, -0.25) is 4.31 Å². The molecule has 0 aromatic heterocycles. The van der Waals surface area contributed by atoms with E-state index in [9.17, 15) is 17.2 Å². The lowest BCUT2D eigenvalue weighted by Gasteiger charge is -2.36. The highest BCUT2D eigenvalue weighted by atomic mass is 32.2. The van der Waals surface area contributed by atoms with Crippen molar-refractivity contribution in [3.05, 3.63) is 59.2 Å². The second-order valence-corrected chi connectivity index (χ2v) is 8.98. The summed E-state index contributed by atoms with van der Waals surface area (Å²) in [4.78, 5) is 1.98. The van der Waals surface area contributed by atoms with Crippen LogP contribution in [-0.2, 0) is 10.0 Å². The highest BCUT2D eigenvalue weighted by molar-refractivity contribution is 7.92. The Labute approximate surface area is 152 Å². The second-order valence-electron chi connectivity index (χ2n) is 7.16. The lowest BCUT2D eigenvalue weighted by molar-refractivity contribution is 0.237. The molecule has 7 heteroatoms. The van der Waals surface area contributed by atoms with E-state index in [1.807, 2.05) is 32.2 Å². The molecular formula is C19H20F2N2O2S. The van der Waals surface area contributed by atoms with Gasteiger partial charge >= 0.3 is 0 Å². The zero-order chi connectivity index (χ0) is 18.6. The van der Waals surface area contributed by atoms with Gasteiger partial charge in [0.15, 0.2) is 11.6 Å². The van der Waals surface area contributed by atoms with Gasteiger partial charge in [-0.15, -0.1) is 0 Å². The number of anilines is 1. The fourth-order valence-corrected chi connectivity index (χ4v) is 5.85. The van der Waals surface area contributed by atoms with Crippen LogP contribution >= 0.6 is 0 Å². The lowest BCUT2D eigenvalue weighted by atomic mass is 9.89. The largest absolute Gasteiger partial charge is 0.306 e. The first-order valence-corrected chi connectivity index (χ1v) is 10.0. The minimum Gasteiger partial charge on any atom is -0.306 e. The van der Waals surface area contributed by atoms with Crippen molar-refractivity contribution in [1.82, 2.24) is 4.90 Å². The first kappa shape index (κ1) is 17.4. The van der Waals surface area contributed by atoms with Crippen LogP contribution in [0, 0.1) is 18.6 Å². The van der Waals surface area contributed by atoms with Crippen LogP contribution in [0.25, 0.3) is 0 Å². The summed E-state index contributed by atoms with van der Waals surface area (Å²) >= 11 is 0. The van der Waals surface area contributed by atoms with Gasteiger partial charge in [-0.25, -0.2) is 17.2 Å². The molecule has 0 saturated carbocycles. The molecule has 138 valence electrons. The van der Waals surface area contributed by atoms with Crippen molar-refractivity contribution in [3.8, 4) is 0 Å². The maximum Gasteiger partial charge on any atom is 0.264 e. The Morgan fingerprint density at radius 2 is 1.85 bits per heavy atom. The zero-order valence-corrected chi connectivity index (χ0v) is 15.4. The molecule has 2 aromatic rings. The minimum absolute atomic E-state index is 0.0729. The lowest BCUT2D eigenvalue weighted by Crippen LogP contribution is -2.47. The molecule has 26 heavy (non-hydrogen) atoms. The normalized spacial score (nSPS) is 23.0. The Morgan fingerprint density at radius 1 is 1.08 bits per heavy atom. The molecule has 0 aliphatic carbocycles. The predicted octanol–water partition coefficient (Wildman–Crippen LogP) is 3.27. The van der Waals surface area contributed by atoms with E-state index in [0.29, 0.717) is 12.1 Å². The summed E-state index contributed by atoms with van der Waals surface area (Å²) in [6, 6.07) is 8.28. The molecule has 0 amide bonds. The SMILES string of the molecule is Cc1ccc2c(c1)C1CN(C)CCC1N2S(=O)(=O)c1ccc(F)c(F)c1. The number of likely N-dealkylation sites (tertiary alicyclic amines) is 1. The van der Waals surface area contributed by atoms with Gasteiger partial charge in [0.1, 0.15) is 0 Å². The molecule has 0 bridgehead atoms. The van der Waals surface area contributed by atoms with Crippen LogP contribution < -0.4 is 4.31 Å². The van der Waals surface area contributed by atoms with E-state index < -0.39 is 21.7 Å². The van der Waals surface area contributed by atoms with Crippen molar-refractivity contribution in [2.45, 2.75) is 30.2 Å². The van der Waals surface area contributed by atoms with Crippen molar-refractivity contribution >= 4 is 15.7 Å². The number of hydrogen-bond acceptors (Lipinski definition) is 3. The molecule has 4 nitrogen and oxygen atoms in total. The van der Waals surface area contributed by atoms with E-state index in [-0.39, 0.29) is 16.9 Å². The van der Waals surface area contributed by atoms with E-state index in [2.05, 4.69) is 4.90 Å². The Bertz CT molecular complexity index is 977. The van der Waals surface area contributed by atoms with Gasteiger partial charge in [-0.05, 0) is 56.8 Å². The van der Waals surface area contributed by atoms with Gasteiger partial charge < -0.3 is 4.90 Å². The summed E-state index contributed by atoms with van der Waals surface area (Å²) in [6.07, 6.45) is 0.692. The molecular weight excluding hydrogens is 358 g/mol. The van der Waals surface area contributed by atoms with Gasteiger partial charge in [0.2, 0.25) is 0 Å². The number of piperidine rings is 1. The number of sulfonamides is 1. The number of nitrogens with zero attached hydrogens (tertiary/aromatic N) is 2. The molecule has 2 aliphatic rings. The van der Waals surface area contributed by atoms with Crippen molar-refractivity contribution < 1.29 is 17.2 Å². The summed E-state index contributed by atoms with van der Waals surface area (Å²) in [5.74, 6) is -2.14. The Balaban J connectivity index is 1.86. The Hall–Kier alpha value is -1.99. The molecule has 0 N–H and O–H groups in total. The van der Waals surface area contributed by atoms with Crippen LogP contribution in [0.1, 0.15) is 23.5 Å². The van der Waals surface area contributed by atoms with E-state index in [0.717, 1.165) is 42.4 Å². The molecule has 2 unspecified atom stereocenters. The van der Waals surface area contributed by atoms with Gasteiger partial charge in [0, 0.05) is 12.5 Å². The van der Waals surface area contributed by atoms with E-state index >= 15 is 0 Å². The number of fused-ring (bicyclic) bond motifs is 3. The van der Waals surface area contributed by atoms with E-state index in [1.165, 1.54) is 4.31 Å². The third-order valence-electron chi connectivity index (χ3n) is 5.35. The number of aryl methyl sites for hydroxylation is 1. The van der Waals surface area contributed by atoms with Crippen LogP contribution in [0.3, 0.4) is 0 Å². The fraction of sp³-hybridized carbons (Fsp3) is 0.368. The molecule has 1 fully saturated rings. The van der Waals surface area contributed by atoms with Crippen LogP contribution in [-0.4, -0.2) is 39.5 Å². The zero-order valence-electron chi connectivity index (χ0n) is 14.6. The first-order chi connectivity index (χ1) is 12.3. The molecule has 2 atom stereocenters. The first-order valence-electron chi connectivity index (χ1n) is 8.57. The standard InChI is InChI=1S/C19H20F2N2O2S/c1-12-3-6-18-14(9-12)15-11-22(2)8-7-19(15)23(18)26(24,25)13-4-5-16(20)17(21)10-13/h3-6,9-10,15,19H,7-8,11H2,1-2H3. The number of benzene rings is 2. The molecule has 2 heterocycles. The van der Waals surface area contributed by atoms with Crippen molar-refractivity contribution in [1.29, 1.82) is 0 Å². The summed E-state index contributed by atoms with van der Waals surface area (Å²) < 4.78 is 55.0.